The number of pyridine rings is 1. The Labute approximate surface area is 148 Å². The summed E-state index contributed by atoms with van der Waals surface area (Å²) in [6.07, 6.45) is 0. The number of aromatic nitrogens is 3. The molecule has 4 rings (SSSR count). The van der Waals surface area contributed by atoms with Gasteiger partial charge in [-0.15, -0.1) is 0 Å². The number of hydrogen-bond donors (Lipinski definition) is 1. The minimum Gasteiger partial charge on any atom is -0.494 e. The molecule has 26 heavy (non-hydrogen) atoms. The number of H-pyrrole nitrogens is 1. The average Bonchev–Trinajstić information content (AvgIpc) is 2.67. The van der Waals surface area contributed by atoms with Gasteiger partial charge in [-0.1, -0.05) is 30.3 Å². The highest BCUT2D eigenvalue weighted by Gasteiger charge is 2.14. The van der Waals surface area contributed by atoms with Crippen LogP contribution in [0.25, 0.3) is 33.1 Å². The van der Waals surface area contributed by atoms with E-state index in [2.05, 4.69) is 9.97 Å². The molecular formula is C20H17N3O3. The predicted octanol–water partition coefficient (Wildman–Crippen LogP) is 2.93. The fraction of sp³-hybridized carbons (Fsp3) is 0.150. The maximum Gasteiger partial charge on any atom is 0.329 e. The van der Waals surface area contributed by atoms with Crippen molar-refractivity contribution in [3.63, 3.8) is 0 Å². The first-order chi connectivity index (χ1) is 12.6. The molecule has 0 fully saturated rings. The summed E-state index contributed by atoms with van der Waals surface area (Å²) in [6.45, 7) is 2.06. The van der Waals surface area contributed by atoms with Gasteiger partial charge in [-0.2, -0.15) is 0 Å². The zero-order valence-corrected chi connectivity index (χ0v) is 14.4. The van der Waals surface area contributed by atoms with Gasteiger partial charge in [-0.3, -0.25) is 14.3 Å². The van der Waals surface area contributed by atoms with Crippen molar-refractivity contribution in [3.05, 3.63) is 69.4 Å². The van der Waals surface area contributed by atoms with Crippen LogP contribution in [0, 0.1) is 0 Å². The third-order valence-corrected chi connectivity index (χ3v) is 4.51. The summed E-state index contributed by atoms with van der Waals surface area (Å²) >= 11 is 0. The summed E-state index contributed by atoms with van der Waals surface area (Å²) in [4.78, 5) is 32.0. The van der Waals surface area contributed by atoms with Gasteiger partial charge in [-0.05, 0) is 36.2 Å². The van der Waals surface area contributed by atoms with E-state index < -0.39 is 5.69 Å². The summed E-state index contributed by atoms with van der Waals surface area (Å²) in [5.41, 5.74) is 2.02. The summed E-state index contributed by atoms with van der Waals surface area (Å²) in [5, 5.41) is 1.18. The molecule has 4 aromatic rings. The first kappa shape index (κ1) is 16.1. The lowest BCUT2D eigenvalue weighted by molar-refractivity contribution is 0.419. The van der Waals surface area contributed by atoms with E-state index in [1.54, 1.807) is 20.1 Å². The lowest BCUT2D eigenvalue weighted by Gasteiger charge is -2.12. The van der Waals surface area contributed by atoms with E-state index >= 15 is 0 Å². The van der Waals surface area contributed by atoms with Crippen molar-refractivity contribution in [3.8, 4) is 16.9 Å². The van der Waals surface area contributed by atoms with Gasteiger partial charge < -0.3 is 4.74 Å². The maximum absolute atomic E-state index is 12.7. The van der Waals surface area contributed by atoms with E-state index in [1.165, 1.54) is 0 Å². The molecule has 0 unspecified atom stereocenters. The Balaban J connectivity index is 2.18. The highest BCUT2D eigenvalue weighted by atomic mass is 16.5. The topological polar surface area (TPSA) is 77.0 Å². The minimum absolute atomic E-state index is 0.265. The summed E-state index contributed by atoms with van der Waals surface area (Å²) < 4.78 is 6.60. The third-order valence-electron chi connectivity index (χ3n) is 4.51. The number of fused-ring (bicyclic) bond motifs is 2. The van der Waals surface area contributed by atoms with Gasteiger partial charge in [0.25, 0.3) is 5.56 Å². The molecule has 0 bridgehead atoms. The first-order valence-corrected chi connectivity index (χ1v) is 8.34. The van der Waals surface area contributed by atoms with Crippen LogP contribution in [0.3, 0.4) is 0 Å². The second-order valence-electron chi connectivity index (χ2n) is 5.94. The maximum atomic E-state index is 12.7. The number of nitrogens with one attached hydrogen (secondary N) is 1. The monoisotopic (exact) mass is 347 g/mol. The Bertz CT molecular complexity index is 1240. The SMILES string of the molecule is CCn1c(=O)[nH]c2nc3c(OC)ccc(-c4ccccc4)c3cc2c1=O. The molecule has 0 aliphatic rings. The van der Waals surface area contributed by atoms with Gasteiger partial charge in [-0.25, -0.2) is 9.78 Å². The standard InChI is InChI=1S/C20H17N3O3/c1-3-23-19(24)15-11-14-13(12-7-5-4-6-8-12)9-10-16(26-2)17(14)21-18(15)22-20(23)25/h4-11H,3H2,1-2H3,(H,21,22,25). The van der Waals surface area contributed by atoms with Gasteiger partial charge >= 0.3 is 5.69 Å². The van der Waals surface area contributed by atoms with E-state index in [0.717, 1.165) is 21.1 Å². The second kappa shape index (κ2) is 6.15. The van der Waals surface area contributed by atoms with E-state index in [4.69, 9.17) is 4.74 Å². The molecule has 2 aromatic carbocycles. The fourth-order valence-corrected chi connectivity index (χ4v) is 3.22. The van der Waals surface area contributed by atoms with Crippen molar-refractivity contribution >= 4 is 21.9 Å². The molecule has 0 atom stereocenters. The number of methoxy groups -OCH3 is 1. The molecule has 0 saturated carbocycles. The van der Waals surface area contributed by atoms with Crippen molar-refractivity contribution in [2.45, 2.75) is 13.5 Å². The lowest BCUT2D eigenvalue weighted by Crippen LogP contribution is -2.34. The number of ether oxygens (including phenoxy) is 1. The Morgan fingerprint density at radius 1 is 1.08 bits per heavy atom. The number of rotatable bonds is 3. The smallest absolute Gasteiger partial charge is 0.329 e. The second-order valence-corrected chi connectivity index (χ2v) is 5.94. The summed E-state index contributed by atoms with van der Waals surface area (Å²) in [7, 11) is 1.57. The highest BCUT2D eigenvalue weighted by molar-refractivity contribution is 6.02. The van der Waals surface area contributed by atoms with E-state index in [-0.39, 0.29) is 11.2 Å². The molecule has 0 aliphatic carbocycles. The zero-order valence-electron chi connectivity index (χ0n) is 14.4. The number of nitrogens with zero attached hydrogens (tertiary/aromatic N) is 2. The molecule has 0 aliphatic heterocycles. The quantitative estimate of drug-likeness (QED) is 0.578. The first-order valence-electron chi connectivity index (χ1n) is 8.34. The minimum atomic E-state index is -0.463. The highest BCUT2D eigenvalue weighted by Crippen LogP contribution is 2.34. The van der Waals surface area contributed by atoms with Crippen LogP contribution >= 0.6 is 0 Å². The molecular weight excluding hydrogens is 330 g/mol. The van der Waals surface area contributed by atoms with Crippen LogP contribution < -0.4 is 16.0 Å². The Morgan fingerprint density at radius 3 is 2.54 bits per heavy atom. The van der Waals surface area contributed by atoms with Crippen LogP contribution in [-0.4, -0.2) is 21.6 Å². The van der Waals surface area contributed by atoms with Gasteiger partial charge in [0.1, 0.15) is 16.9 Å². The zero-order chi connectivity index (χ0) is 18.3. The molecule has 0 spiro atoms. The molecule has 6 nitrogen and oxygen atoms in total. The van der Waals surface area contributed by atoms with Crippen LogP contribution in [0.2, 0.25) is 0 Å². The van der Waals surface area contributed by atoms with Gasteiger partial charge in [0.2, 0.25) is 0 Å². The molecule has 0 amide bonds. The van der Waals surface area contributed by atoms with Gasteiger partial charge in [0.15, 0.2) is 0 Å². The van der Waals surface area contributed by atoms with Crippen molar-refractivity contribution in [2.75, 3.05) is 7.11 Å². The fourth-order valence-electron chi connectivity index (χ4n) is 3.22. The number of benzene rings is 2. The van der Waals surface area contributed by atoms with E-state index in [9.17, 15) is 9.59 Å². The van der Waals surface area contributed by atoms with Crippen LogP contribution in [0.5, 0.6) is 5.75 Å². The Hall–Kier alpha value is -3.41. The van der Waals surface area contributed by atoms with Gasteiger partial charge in [0.05, 0.1) is 12.5 Å². The van der Waals surface area contributed by atoms with Crippen LogP contribution in [0.1, 0.15) is 6.92 Å². The van der Waals surface area contributed by atoms with Crippen molar-refractivity contribution < 1.29 is 4.74 Å². The molecule has 130 valence electrons. The molecule has 2 aromatic heterocycles. The van der Waals surface area contributed by atoms with Crippen molar-refractivity contribution in [1.29, 1.82) is 0 Å². The number of aromatic amines is 1. The normalized spacial score (nSPS) is 11.2. The predicted molar refractivity (Wildman–Crippen MR) is 102 cm³/mol. The summed E-state index contributed by atoms with van der Waals surface area (Å²) in [5.74, 6) is 0.585. The van der Waals surface area contributed by atoms with Crippen LogP contribution in [-0.2, 0) is 6.54 Å². The Morgan fingerprint density at radius 2 is 1.85 bits per heavy atom. The Kier molecular flexibility index (Phi) is 3.80. The number of hydrogen-bond acceptors (Lipinski definition) is 4. The van der Waals surface area contributed by atoms with E-state index in [1.807, 2.05) is 42.5 Å². The van der Waals surface area contributed by atoms with Crippen molar-refractivity contribution in [2.24, 2.45) is 0 Å². The molecule has 0 radical (unpaired) electrons. The molecule has 6 heteroatoms. The van der Waals surface area contributed by atoms with Crippen LogP contribution in [0.4, 0.5) is 0 Å². The van der Waals surface area contributed by atoms with Crippen LogP contribution in [0.15, 0.2) is 58.1 Å². The van der Waals surface area contributed by atoms with Crippen molar-refractivity contribution in [1.82, 2.24) is 14.5 Å². The molecule has 2 heterocycles. The molecule has 1 N–H and O–H groups in total. The third kappa shape index (κ3) is 2.38. The average molecular weight is 347 g/mol. The summed E-state index contributed by atoms with van der Waals surface area (Å²) in [6, 6.07) is 15.5. The molecule has 0 saturated heterocycles. The lowest BCUT2D eigenvalue weighted by atomic mass is 9.99. The largest absolute Gasteiger partial charge is 0.494 e. The van der Waals surface area contributed by atoms with Gasteiger partial charge in [0, 0.05) is 11.9 Å². The van der Waals surface area contributed by atoms with E-state index in [0.29, 0.717) is 23.2 Å².